The first-order valence-corrected chi connectivity index (χ1v) is 7.26. The van der Waals surface area contributed by atoms with E-state index in [1.807, 2.05) is 13.8 Å². The van der Waals surface area contributed by atoms with Crippen molar-refractivity contribution in [3.8, 4) is 0 Å². The topological polar surface area (TPSA) is 95.5 Å². The summed E-state index contributed by atoms with van der Waals surface area (Å²) in [6, 6.07) is 5.69. The number of carbonyl (C=O) groups excluding carboxylic acids is 2. The predicted octanol–water partition coefficient (Wildman–Crippen LogP) is 1.35. The number of amides is 2. The molecule has 0 heterocycles. The van der Waals surface area contributed by atoms with Crippen LogP contribution in [0.5, 0.6) is 0 Å². The van der Waals surface area contributed by atoms with Gasteiger partial charge in [0.15, 0.2) is 0 Å². The van der Waals surface area contributed by atoms with Gasteiger partial charge >= 0.3 is 5.97 Å². The minimum Gasteiger partial charge on any atom is -0.478 e. The van der Waals surface area contributed by atoms with E-state index in [-0.39, 0.29) is 29.8 Å². The van der Waals surface area contributed by atoms with E-state index in [1.54, 1.807) is 25.1 Å². The highest BCUT2D eigenvalue weighted by Crippen LogP contribution is 2.09. The van der Waals surface area contributed by atoms with E-state index in [0.29, 0.717) is 5.56 Å². The van der Waals surface area contributed by atoms with E-state index in [9.17, 15) is 14.4 Å². The molecule has 0 saturated heterocycles. The van der Waals surface area contributed by atoms with Crippen molar-refractivity contribution in [3.63, 3.8) is 0 Å². The lowest BCUT2D eigenvalue weighted by atomic mass is 10.0. The predicted molar refractivity (Wildman–Crippen MR) is 82.6 cm³/mol. The minimum absolute atomic E-state index is 0.0413. The Morgan fingerprint density at radius 2 is 1.77 bits per heavy atom. The fourth-order valence-corrected chi connectivity index (χ4v) is 1.88. The zero-order chi connectivity index (χ0) is 16.7. The second-order valence-electron chi connectivity index (χ2n) is 5.25. The molecular weight excluding hydrogens is 284 g/mol. The molecule has 6 heteroatoms. The van der Waals surface area contributed by atoms with Crippen LogP contribution >= 0.6 is 0 Å². The number of carbonyl (C=O) groups is 3. The molecule has 0 fully saturated rings. The molecule has 0 saturated carbocycles. The highest BCUT2D eigenvalue weighted by Gasteiger charge is 2.18. The summed E-state index contributed by atoms with van der Waals surface area (Å²) in [4.78, 5) is 34.9. The Morgan fingerprint density at radius 1 is 1.14 bits per heavy atom. The molecule has 0 aromatic heterocycles. The van der Waals surface area contributed by atoms with Gasteiger partial charge in [-0.25, -0.2) is 4.79 Å². The molecule has 0 spiro atoms. The summed E-state index contributed by atoms with van der Waals surface area (Å²) in [7, 11) is 0. The van der Waals surface area contributed by atoms with E-state index in [2.05, 4.69) is 10.6 Å². The van der Waals surface area contributed by atoms with Gasteiger partial charge < -0.3 is 15.7 Å². The summed E-state index contributed by atoms with van der Waals surface area (Å²) in [6.07, 6.45) is 0.724. The van der Waals surface area contributed by atoms with E-state index >= 15 is 0 Å². The van der Waals surface area contributed by atoms with E-state index in [0.717, 1.165) is 6.42 Å². The van der Waals surface area contributed by atoms with Crippen molar-refractivity contribution >= 4 is 17.8 Å². The van der Waals surface area contributed by atoms with Crippen molar-refractivity contribution in [3.05, 3.63) is 35.4 Å². The lowest BCUT2D eigenvalue weighted by Crippen LogP contribution is -2.47. The van der Waals surface area contributed by atoms with Gasteiger partial charge in [0.1, 0.15) is 6.04 Å². The van der Waals surface area contributed by atoms with Crippen LogP contribution in [-0.4, -0.2) is 35.0 Å². The molecule has 0 aliphatic rings. The van der Waals surface area contributed by atoms with Crippen LogP contribution in [0, 0.1) is 0 Å². The van der Waals surface area contributed by atoms with E-state index in [1.165, 1.54) is 6.07 Å². The lowest BCUT2D eigenvalue weighted by Gasteiger charge is -2.17. The quantitative estimate of drug-likeness (QED) is 0.708. The number of hydrogen-bond donors (Lipinski definition) is 3. The smallest absolute Gasteiger partial charge is 0.335 e. The van der Waals surface area contributed by atoms with Gasteiger partial charge in [-0.1, -0.05) is 25.1 Å². The number of carboxylic acids is 1. The molecule has 0 aliphatic carbocycles. The maximum absolute atomic E-state index is 12.0. The van der Waals surface area contributed by atoms with Crippen molar-refractivity contribution in [2.24, 2.45) is 0 Å². The van der Waals surface area contributed by atoms with E-state index in [4.69, 9.17) is 5.11 Å². The van der Waals surface area contributed by atoms with Crippen LogP contribution in [-0.2, 0) is 16.0 Å². The third-order valence-electron chi connectivity index (χ3n) is 3.37. The van der Waals surface area contributed by atoms with Gasteiger partial charge in [-0.15, -0.1) is 0 Å². The maximum Gasteiger partial charge on any atom is 0.335 e. The summed E-state index contributed by atoms with van der Waals surface area (Å²) in [6.45, 7) is 5.44. The lowest BCUT2D eigenvalue weighted by molar-refractivity contribution is -0.128. The first kappa shape index (κ1) is 17.7. The Morgan fingerprint density at radius 3 is 2.36 bits per heavy atom. The second-order valence-corrected chi connectivity index (χ2v) is 5.25. The Bertz CT molecular complexity index is 557. The van der Waals surface area contributed by atoms with Crippen molar-refractivity contribution in [1.29, 1.82) is 0 Å². The molecule has 1 rings (SSSR count). The van der Waals surface area contributed by atoms with Crippen molar-refractivity contribution in [1.82, 2.24) is 10.6 Å². The number of carboxylic acid groups (broad SMARTS) is 1. The first-order chi connectivity index (χ1) is 10.3. The summed E-state index contributed by atoms with van der Waals surface area (Å²) in [5, 5.41) is 14.4. The number of rotatable bonds is 7. The number of benzene rings is 1. The SMILES string of the molecule is CCC(C)NC(=O)C(C)NC(=O)Cc1ccccc1C(=O)O. The highest BCUT2D eigenvalue weighted by molar-refractivity contribution is 5.93. The standard InChI is InChI=1S/C16H22N2O4/c1-4-10(2)17-15(20)11(3)18-14(19)9-12-7-5-6-8-13(12)16(21)22/h5-8,10-11H,4,9H2,1-3H3,(H,17,20)(H,18,19)(H,21,22). The fraction of sp³-hybridized carbons (Fsp3) is 0.438. The summed E-state index contributed by atoms with van der Waals surface area (Å²) in [5.41, 5.74) is 0.511. The van der Waals surface area contributed by atoms with Crippen LogP contribution in [0.1, 0.15) is 43.1 Å². The van der Waals surface area contributed by atoms with Crippen LogP contribution in [0.25, 0.3) is 0 Å². The minimum atomic E-state index is -1.08. The molecule has 0 aliphatic heterocycles. The molecule has 1 aromatic carbocycles. The third-order valence-corrected chi connectivity index (χ3v) is 3.37. The fourth-order valence-electron chi connectivity index (χ4n) is 1.88. The largest absolute Gasteiger partial charge is 0.478 e. The molecule has 120 valence electrons. The van der Waals surface area contributed by atoms with Gasteiger partial charge in [-0.05, 0) is 31.9 Å². The Labute approximate surface area is 129 Å². The monoisotopic (exact) mass is 306 g/mol. The molecule has 2 amide bonds. The van der Waals surface area contributed by atoms with Crippen molar-refractivity contribution in [2.45, 2.75) is 45.7 Å². The number of aromatic carboxylic acids is 1. The van der Waals surface area contributed by atoms with Gasteiger partial charge in [0.2, 0.25) is 11.8 Å². The Hall–Kier alpha value is -2.37. The summed E-state index contributed by atoms with van der Waals surface area (Å²) < 4.78 is 0. The second kappa shape index (κ2) is 8.17. The Kier molecular flexibility index (Phi) is 6.56. The van der Waals surface area contributed by atoms with Gasteiger partial charge in [0.25, 0.3) is 0 Å². The molecular formula is C16H22N2O4. The molecule has 2 unspecified atom stereocenters. The summed E-state index contributed by atoms with van der Waals surface area (Å²) in [5.74, 6) is -1.72. The van der Waals surface area contributed by atoms with Crippen LogP contribution in [0.2, 0.25) is 0 Å². The van der Waals surface area contributed by atoms with Crippen LogP contribution in [0.3, 0.4) is 0 Å². The third kappa shape index (κ3) is 5.20. The molecule has 2 atom stereocenters. The van der Waals surface area contributed by atoms with Crippen LogP contribution < -0.4 is 10.6 Å². The van der Waals surface area contributed by atoms with Crippen LogP contribution in [0.15, 0.2) is 24.3 Å². The molecule has 22 heavy (non-hydrogen) atoms. The molecule has 1 aromatic rings. The van der Waals surface area contributed by atoms with Crippen molar-refractivity contribution < 1.29 is 19.5 Å². The average molecular weight is 306 g/mol. The molecule has 0 bridgehead atoms. The average Bonchev–Trinajstić information content (AvgIpc) is 2.47. The van der Waals surface area contributed by atoms with Gasteiger partial charge in [-0.3, -0.25) is 9.59 Å². The molecule has 0 radical (unpaired) electrons. The normalized spacial score (nSPS) is 13.0. The first-order valence-electron chi connectivity index (χ1n) is 7.26. The summed E-state index contributed by atoms with van der Waals surface area (Å²) >= 11 is 0. The highest BCUT2D eigenvalue weighted by atomic mass is 16.4. The molecule has 3 N–H and O–H groups in total. The number of nitrogens with one attached hydrogen (secondary N) is 2. The molecule has 6 nitrogen and oxygen atoms in total. The zero-order valence-corrected chi connectivity index (χ0v) is 13.1. The zero-order valence-electron chi connectivity index (χ0n) is 13.1. The number of hydrogen-bond acceptors (Lipinski definition) is 3. The van der Waals surface area contributed by atoms with Crippen LogP contribution in [0.4, 0.5) is 0 Å². The van der Waals surface area contributed by atoms with Crippen molar-refractivity contribution in [2.75, 3.05) is 0 Å². The van der Waals surface area contributed by atoms with E-state index < -0.39 is 12.0 Å². The van der Waals surface area contributed by atoms with Gasteiger partial charge in [0, 0.05) is 6.04 Å². The maximum atomic E-state index is 12.0. The van der Waals surface area contributed by atoms with Gasteiger partial charge in [0.05, 0.1) is 12.0 Å². The Balaban J connectivity index is 2.63. The van der Waals surface area contributed by atoms with Gasteiger partial charge in [-0.2, -0.15) is 0 Å².